The molecule has 106 valence electrons. The Morgan fingerprint density at radius 1 is 1.33 bits per heavy atom. The average Bonchev–Trinajstić information content (AvgIpc) is 2.98. The zero-order chi connectivity index (χ0) is 15.2. The molecule has 0 unspecified atom stereocenters. The Bertz CT molecular complexity index is 694. The van der Waals surface area contributed by atoms with Crippen molar-refractivity contribution in [2.24, 2.45) is 0 Å². The first-order chi connectivity index (χ1) is 10.1. The summed E-state index contributed by atoms with van der Waals surface area (Å²) < 4.78 is 5.12. The molecule has 2 rings (SSSR count). The maximum absolute atomic E-state index is 12.2. The van der Waals surface area contributed by atoms with Crippen LogP contribution in [0.1, 0.15) is 29.9 Å². The Balaban J connectivity index is 2.14. The predicted molar refractivity (Wildman–Crippen MR) is 80.0 cm³/mol. The van der Waals surface area contributed by atoms with Crippen LogP contribution in [0.15, 0.2) is 52.7 Å². The lowest BCUT2D eigenvalue weighted by Crippen LogP contribution is -2.28. The zero-order valence-electron chi connectivity index (χ0n) is 12.0. The van der Waals surface area contributed by atoms with Crippen molar-refractivity contribution < 1.29 is 9.21 Å². The Kier molecular flexibility index (Phi) is 4.57. The minimum Gasteiger partial charge on any atom is -0.465 e. The fourth-order valence-corrected chi connectivity index (χ4v) is 2.09. The number of hydrogen-bond donors (Lipinski definition) is 1. The lowest BCUT2D eigenvalue weighted by atomic mass is 10.0. The number of carbonyl (C=O) groups is 1. The number of benzene rings is 1. The highest BCUT2D eigenvalue weighted by atomic mass is 16.3. The highest BCUT2D eigenvalue weighted by Crippen LogP contribution is 2.17. The molecule has 2 aromatic rings. The molecule has 1 heterocycles. The number of hydrogen-bond acceptors (Lipinski definition) is 3. The lowest BCUT2D eigenvalue weighted by Gasteiger charge is -2.16. The summed E-state index contributed by atoms with van der Waals surface area (Å²) in [5.74, 6) is 0.0647. The number of furan rings is 1. The van der Waals surface area contributed by atoms with Crippen molar-refractivity contribution in [1.82, 2.24) is 5.32 Å². The normalized spacial score (nSPS) is 12.5. The molecule has 4 heteroatoms. The molecule has 21 heavy (non-hydrogen) atoms. The van der Waals surface area contributed by atoms with Crippen molar-refractivity contribution in [2.75, 3.05) is 0 Å². The van der Waals surface area contributed by atoms with Gasteiger partial charge in [0, 0.05) is 6.08 Å². The monoisotopic (exact) mass is 280 g/mol. The largest absolute Gasteiger partial charge is 0.465 e. The van der Waals surface area contributed by atoms with Crippen LogP contribution in [0.4, 0.5) is 0 Å². The van der Waals surface area contributed by atoms with Crippen LogP contribution in [0.3, 0.4) is 0 Å². The molecule has 4 nitrogen and oxygen atoms in total. The van der Waals surface area contributed by atoms with Gasteiger partial charge in [0.05, 0.1) is 12.3 Å². The van der Waals surface area contributed by atoms with E-state index >= 15 is 0 Å². The van der Waals surface area contributed by atoms with Crippen LogP contribution in [0.2, 0.25) is 0 Å². The summed E-state index contributed by atoms with van der Waals surface area (Å²) in [5, 5.41) is 11.9. The Labute approximate surface area is 123 Å². The first kappa shape index (κ1) is 14.6. The molecule has 0 saturated carbocycles. The van der Waals surface area contributed by atoms with Crippen molar-refractivity contribution in [1.29, 1.82) is 5.26 Å². The number of aryl methyl sites for hydroxylation is 1. The third kappa shape index (κ3) is 3.61. The summed E-state index contributed by atoms with van der Waals surface area (Å²) >= 11 is 0. The topological polar surface area (TPSA) is 66.0 Å². The van der Waals surface area contributed by atoms with Crippen LogP contribution < -0.4 is 5.32 Å². The highest BCUT2D eigenvalue weighted by molar-refractivity contribution is 6.01. The number of carbonyl (C=O) groups excluding carboxylic acids is 1. The van der Waals surface area contributed by atoms with E-state index in [1.165, 1.54) is 12.3 Å². The fraction of sp³-hybridized carbons (Fsp3) is 0.176. The summed E-state index contributed by atoms with van der Waals surface area (Å²) in [5.41, 5.74) is 2.14. The fourth-order valence-electron chi connectivity index (χ4n) is 2.09. The summed E-state index contributed by atoms with van der Waals surface area (Å²) in [4.78, 5) is 12.2. The average molecular weight is 280 g/mol. The van der Waals surface area contributed by atoms with Crippen LogP contribution in [-0.4, -0.2) is 5.91 Å². The quantitative estimate of drug-likeness (QED) is 0.689. The standard InChI is InChI=1S/C17H16N2O2/c1-12-6-3-4-8-16(12)13(2)19-17(20)14(11-18)10-15-7-5-9-21-15/h3-10,13H,1-2H3,(H,19,20)/b14-10-/t13-/m0/s1. The molecule has 1 amide bonds. The molecule has 0 radical (unpaired) electrons. The number of nitrogens with one attached hydrogen (secondary N) is 1. The summed E-state index contributed by atoms with van der Waals surface area (Å²) in [7, 11) is 0. The Morgan fingerprint density at radius 2 is 2.10 bits per heavy atom. The SMILES string of the molecule is Cc1ccccc1[C@H](C)NC(=O)/C(C#N)=C\c1ccco1. The van der Waals surface area contributed by atoms with Crippen LogP contribution in [-0.2, 0) is 4.79 Å². The molecule has 0 fully saturated rings. The Hall–Kier alpha value is -2.80. The first-order valence-electron chi connectivity index (χ1n) is 6.63. The smallest absolute Gasteiger partial charge is 0.262 e. The second kappa shape index (κ2) is 6.58. The first-order valence-corrected chi connectivity index (χ1v) is 6.63. The van der Waals surface area contributed by atoms with Gasteiger partial charge in [0.25, 0.3) is 5.91 Å². The van der Waals surface area contributed by atoms with Crippen LogP contribution in [0.25, 0.3) is 6.08 Å². The van der Waals surface area contributed by atoms with E-state index < -0.39 is 5.91 Å². The van der Waals surface area contributed by atoms with Gasteiger partial charge in [-0.25, -0.2) is 0 Å². The van der Waals surface area contributed by atoms with Crippen molar-refractivity contribution in [3.63, 3.8) is 0 Å². The van der Waals surface area contributed by atoms with Crippen molar-refractivity contribution in [2.45, 2.75) is 19.9 Å². The number of amides is 1. The van der Waals surface area contributed by atoms with Gasteiger partial charge >= 0.3 is 0 Å². The summed E-state index contributed by atoms with van der Waals surface area (Å²) in [6.45, 7) is 3.88. The molecule has 0 aliphatic heterocycles. The van der Waals surface area contributed by atoms with E-state index in [4.69, 9.17) is 9.68 Å². The molecular formula is C17H16N2O2. The maximum atomic E-state index is 12.2. The van der Waals surface area contributed by atoms with E-state index in [0.29, 0.717) is 5.76 Å². The van der Waals surface area contributed by atoms with Gasteiger partial charge in [-0.1, -0.05) is 24.3 Å². The Morgan fingerprint density at radius 3 is 2.71 bits per heavy atom. The van der Waals surface area contributed by atoms with E-state index in [1.807, 2.05) is 44.2 Å². The molecule has 0 spiro atoms. The van der Waals surface area contributed by atoms with Crippen molar-refractivity contribution in [3.05, 3.63) is 65.1 Å². The molecule has 0 bridgehead atoms. The third-order valence-corrected chi connectivity index (χ3v) is 3.20. The highest BCUT2D eigenvalue weighted by Gasteiger charge is 2.15. The minimum atomic E-state index is -0.412. The lowest BCUT2D eigenvalue weighted by molar-refractivity contribution is -0.117. The van der Waals surface area contributed by atoms with Gasteiger partial charge < -0.3 is 9.73 Å². The van der Waals surface area contributed by atoms with Crippen LogP contribution >= 0.6 is 0 Å². The maximum Gasteiger partial charge on any atom is 0.262 e. The predicted octanol–water partition coefficient (Wildman–Crippen LogP) is 3.37. The molecule has 0 aliphatic rings. The van der Waals surface area contributed by atoms with Crippen LogP contribution in [0, 0.1) is 18.3 Å². The molecule has 0 aliphatic carbocycles. The van der Waals surface area contributed by atoms with Crippen molar-refractivity contribution in [3.8, 4) is 6.07 Å². The summed E-state index contributed by atoms with van der Waals surface area (Å²) in [6, 6.07) is 12.9. The van der Waals surface area contributed by atoms with Gasteiger partial charge in [-0.2, -0.15) is 5.26 Å². The van der Waals surface area contributed by atoms with Gasteiger partial charge in [0.1, 0.15) is 17.4 Å². The van der Waals surface area contributed by atoms with E-state index in [0.717, 1.165) is 11.1 Å². The molecule has 0 saturated heterocycles. The van der Waals surface area contributed by atoms with Crippen molar-refractivity contribution >= 4 is 12.0 Å². The number of rotatable bonds is 4. The third-order valence-electron chi connectivity index (χ3n) is 3.20. The van der Waals surface area contributed by atoms with Gasteiger partial charge in [0.15, 0.2) is 0 Å². The zero-order valence-corrected chi connectivity index (χ0v) is 12.0. The molecule has 1 atom stereocenters. The molecular weight excluding hydrogens is 264 g/mol. The minimum absolute atomic E-state index is 0.0189. The van der Waals surface area contributed by atoms with Gasteiger partial charge in [-0.15, -0.1) is 0 Å². The molecule has 1 N–H and O–H groups in total. The molecule has 1 aromatic heterocycles. The van der Waals surface area contributed by atoms with Gasteiger partial charge in [-0.05, 0) is 37.1 Å². The second-order valence-electron chi connectivity index (χ2n) is 4.74. The van der Waals surface area contributed by atoms with Gasteiger partial charge in [0.2, 0.25) is 0 Å². The summed E-state index contributed by atoms with van der Waals surface area (Å²) in [6.07, 6.45) is 2.93. The van der Waals surface area contributed by atoms with E-state index in [1.54, 1.807) is 12.1 Å². The number of nitrogens with zero attached hydrogens (tertiary/aromatic N) is 1. The van der Waals surface area contributed by atoms with Crippen LogP contribution in [0.5, 0.6) is 0 Å². The second-order valence-corrected chi connectivity index (χ2v) is 4.74. The number of nitriles is 1. The van der Waals surface area contributed by atoms with Gasteiger partial charge in [-0.3, -0.25) is 4.79 Å². The van der Waals surface area contributed by atoms with E-state index in [-0.39, 0.29) is 11.6 Å². The van der Waals surface area contributed by atoms with E-state index in [2.05, 4.69) is 5.32 Å². The molecule has 1 aromatic carbocycles. The van der Waals surface area contributed by atoms with E-state index in [9.17, 15) is 4.79 Å².